The summed E-state index contributed by atoms with van der Waals surface area (Å²) in [5.41, 5.74) is -0.145. The normalized spacial score (nSPS) is 14.0. The molecule has 28 heavy (non-hydrogen) atoms. The smallest absolute Gasteiger partial charge is 0.462 e. The summed E-state index contributed by atoms with van der Waals surface area (Å²) in [7, 11) is -4.08. The summed E-state index contributed by atoms with van der Waals surface area (Å²) < 4.78 is 29.3. The Morgan fingerprint density at radius 2 is 1.54 bits per heavy atom. The van der Waals surface area contributed by atoms with E-state index in [1.165, 1.54) is 31.2 Å². The fourth-order valence-corrected chi connectivity index (χ4v) is 3.60. The molecular weight excluding hydrogens is 387 g/mol. The molecule has 0 aliphatic heterocycles. The standard InChI is InChI=1S/C18H21N2O7P/c1-13(2)25-18(21)14(3)19-28(24,26-16-7-5-4-6-8-16)27-17-11-9-15(10-12-17)20(22)23/h4-14H,1-3H3,(H,19,24)/t14-,28-/m1/s1. The molecule has 10 heteroatoms. The van der Waals surface area contributed by atoms with E-state index in [1.54, 1.807) is 44.2 Å². The number of nitrogens with zero attached hydrogens (tertiary/aromatic N) is 1. The summed E-state index contributed by atoms with van der Waals surface area (Å²) in [5.74, 6) is -0.300. The van der Waals surface area contributed by atoms with Crippen LogP contribution in [0.2, 0.25) is 0 Å². The quantitative estimate of drug-likeness (QED) is 0.285. The van der Waals surface area contributed by atoms with E-state index < -0.39 is 24.7 Å². The van der Waals surface area contributed by atoms with Crippen molar-refractivity contribution in [2.75, 3.05) is 0 Å². The minimum absolute atomic E-state index is 0.0711. The van der Waals surface area contributed by atoms with Crippen molar-refractivity contribution in [2.45, 2.75) is 32.9 Å². The van der Waals surface area contributed by atoms with Gasteiger partial charge < -0.3 is 13.8 Å². The predicted molar refractivity (Wildman–Crippen MR) is 102 cm³/mol. The molecule has 1 N–H and O–H groups in total. The summed E-state index contributed by atoms with van der Waals surface area (Å²) in [6.45, 7) is 4.85. The molecule has 2 rings (SSSR count). The molecule has 0 aromatic heterocycles. The zero-order valence-corrected chi connectivity index (χ0v) is 16.5. The van der Waals surface area contributed by atoms with Gasteiger partial charge in [0.15, 0.2) is 0 Å². The summed E-state index contributed by atoms with van der Waals surface area (Å²) >= 11 is 0. The lowest BCUT2D eigenvalue weighted by Gasteiger charge is -2.23. The van der Waals surface area contributed by atoms with Gasteiger partial charge in [0, 0.05) is 12.1 Å². The van der Waals surface area contributed by atoms with Gasteiger partial charge in [-0.2, -0.15) is 5.09 Å². The molecule has 0 aliphatic rings. The number of carbonyl (C=O) groups excluding carboxylic acids is 1. The van der Waals surface area contributed by atoms with Gasteiger partial charge in [-0.3, -0.25) is 14.9 Å². The zero-order chi connectivity index (χ0) is 20.7. The second kappa shape index (κ2) is 9.34. The van der Waals surface area contributed by atoms with E-state index in [9.17, 15) is 19.5 Å². The van der Waals surface area contributed by atoms with Crippen LogP contribution in [0.15, 0.2) is 54.6 Å². The SMILES string of the molecule is CC(C)OC(=O)[C@@H](C)N[P@@](=O)(Oc1ccccc1)Oc1ccc([N+](=O)[O-])cc1. The molecule has 0 heterocycles. The van der Waals surface area contributed by atoms with Gasteiger partial charge in [-0.15, -0.1) is 0 Å². The van der Waals surface area contributed by atoms with E-state index in [-0.39, 0.29) is 23.3 Å². The number of non-ortho nitro benzene ring substituents is 1. The van der Waals surface area contributed by atoms with Crippen molar-refractivity contribution in [3.05, 3.63) is 64.7 Å². The summed E-state index contributed by atoms with van der Waals surface area (Å²) in [5, 5.41) is 13.3. The Labute approximate surface area is 162 Å². The number of esters is 1. The lowest BCUT2D eigenvalue weighted by molar-refractivity contribution is -0.384. The maximum absolute atomic E-state index is 13.3. The average molecular weight is 408 g/mol. The lowest BCUT2D eigenvalue weighted by Crippen LogP contribution is -2.36. The zero-order valence-electron chi connectivity index (χ0n) is 15.6. The minimum Gasteiger partial charge on any atom is -0.462 e. The van der Waals surface area contributed by atoms with Gasteiger partial charge in [0.05, 0.1) is 11.0 Å². The second-order valence-corrected chi connectivity index (χ2v) is 7.70. The highest BCUT2D eigenvalue weighted by Gasteiger charge is 2.34. The average Bonchev–Trinajstić information content (AvgIpc) is 2.62. The number of ether oxygens (including phenoxy) is 1. The minimum atomic E-state index is -4.08. The molecule has 0 unspecified atom stereocenters. The van der Waals surface area contributed by atoms with Gasteiger partial charge in [0.1, 0.15) is 17.5 Å². The van der Waals surface area contributed by atoms with Crippen molar-refractivity contribution in [1.82, 2.24) is 5.09 Å². The van der Waals surface area contributed by atoms with Gasteiger partial charge >= 0.3 is 13.7 Å². The summed E-state index contributed by atoms with van der Waals surface area (Å²) in [4.78, 5) is 22.3. The molecule has 0 spiro atoms. The van der Waals surface area contributed by atoms with Crippen molar-refractivity contribution in [3.63, 3.8) is 0 Å². The Morgan fingerprint density at radius 1 is 1.00 bits per heavy atom. The lowest BCUT2D eigenvalue weighted by atomic mass is 10.3. The van der Waals surface area contributed by atoms with Gasteiger partial charge in [0.2, 0.25) is 0 Å². The number of hydrogen-bond donors (Lipinski definition) is 1. The number of nitrogens with one attached hydrogen (secondary N) is 1. The molecule has 0 radical (unpaired) electrons. The van der Waals surface area contributed by atoms with Crippen LogP contribution in [0.3, 0.4) is 0 Å². The fraction of sp³-hybridized carbons (Fsp3) is 0.278. The molecule has 2 atom stereocenters. The monoisotopic (exact) mass is 408 g/mol. The van der Waals surface area contributed by atoms with Gasteiger partial charge in [-0.25, -0.2) is 4.57 Å². The van der Waals surface area contributed by atoms with Crippen molar-refractivity contribution >= 4 is 19.4 Å². The Bertz CT molecular complexity index is 856. The van der Waals surface area contributed by atoms with Crippen molar-refractivity contribution < 1.29 is 28.1 Å². The maximum Gasteiger partial charge on any atom is 0.513 e. The van der Waals surface area contributed by atoms with Crippen molar-refractivity contribution in [1.29, 1.82) is 0 Å². The van der Waals surface area contributed by atoms with Crippen LogP contribution >= 0.6 is 7.75 Å². The van der Waals surface area contributed by atoms with E-state index in [4.69, 9.17) is 13.8 Å². The van der Waals surface area contributed by atoms with E-state index in [2.05, 4.69) is 5.09 Å². The third kappa shape index (κ3) is 6.37. The van der Waals surface area contributed by atoms with Gasteiger partial charge in [-0.05, 0) is 45.0 Å². The number of hydrogen-bond acceptors (Lipinski definition) is 7. The molecule has 2 aromatic rings. The van der Waals surface area contributed by atoms with Gasteiger partial charge in [0.25, 0.3) is 5.69 Å². The Balaban J connectivity index is 2.23. The fourth-order valence-electron chi connectivity index (χ4n) is 2.08. The second-order valence-electron chi connectivity index (χ2n) is 6.08. The van der Waals surface area contributed by atoms with Crippen LogP contribution in [-0.4, -0.2) is 23.0 Å². The molecular formula is C18H21N2O7P. The van der Waals surface area contributed by atoms with Crippen LogP contribution < -0.4 is 14.1 Å². The highest BCUT2D eigenvalue weighted by atomic mass is 31.2. The highest BCUT2D eigenvalue weighted by molar-refractivity contribution is 7.52. The first-order chi connectivity index (χ1) is 13.2. The predicted octanol–water partition coefficient (Wildman–Crippen LogP) is 4.09. The Hall–Kier alpha value is -2.90. The molecule has 0 amide bonds. The Morgan fingerprint density at radius 3 is 2.04 bits per heavy atom. The number of para-hydroxylation sites is 1. The third-order valence-electron chi connectivity index (χ3n) is 3.30. The molecule has 2 aromatic carbocycles. The van der Waals surface area contributed by atoms with Crippen LogP contribution in [0.1, 0.15) is 20.8 Å². The molecule has 0 saturated carbocycles. The summed E-state index contributed by atoms with van der Waals surface area (Å²) in [6.07, 6.45) is -0.346. The topological polar surface area (TPSA) is 117 Å². The number of carbonyl (C=O) groups is 1. The molecule has 9 nitrogen and oxygen atoms in total. The first-order valence-electron chi connectivity index (χ1n) is 8.45. The van der Waals surface area contributed by atoms with E-state index in [0.29, 0.717) is 0 Å². The maximum atomic E-state index is 13.3. The van der Waals surface area contributed by atoms with Gasteiger partial charge in [-0.1, -0.05) is 18.2 Å². The Kier molecular flexibility index (Phi) is 7.14. The van der Waals surface area contributed by atoms with Crippen LogP contribution in [0, 0.1) is 10.1 Å². The third-order valence-corrected chi connectivity index (χ3v) is 4.90. The highest BCUT2D eigenvalue weighted by Crippen LogP contribution is 2.45. The van der Waals surface area contributed by atoms with Crippen LogP contribution in [0.5, 0.6) is 11.5 Å². The molecule has 150 valence electrons. The van der Waals surface area contributed by atoms with E-state index in [0.717, 1.165) is 0 Å². The van der Waals surface area contributed by atoms with Crippen LogP contribution in [0.4, 0.5) is 5.69 Å². The first kappa shape index (κ1) is 21.4. The van der Waals surface area contributed by atoms with Crippen LogP contribution in [-0.2, 0) is 14.1 Å². The largest absolute Gasteiger partial charge is 0.513 e. The van der Waals surface area contributed by atoms with Crippen LogP contribution in [0.25, 0.3) is 0 Å². The first-order valence-corrected chi connectivity index (χ1v) is 10.00. The molecule has 0 aliphatic carbocycles. The van der Waals surface area contributed by atoms with E-state index >= 15 is 0 Å². The van der Waals surface area contributed by atoms with Crippen molar-refractivity contribution in [2.24, 2.45) is 0 Å². The number of nitro benzene ring substituents is 1. The molecule has 0 saturated heterocycles. The summed E-state index contributed by atoms with van der Waals surface area (Å²) in [6, 6.07) is 12.3. The number of rotatable bonds is 9. The number of nitro groups is 1. The van der Waals surface area contributed by atoms with Crippen molar-refractivity contribution in [3.8, 4) is 11.5 Å². The number of benzene rings is 2. The van der Waals surface area contributed by atoms with E-state index in [1.807, 2.05) is 0 Å². The molecule has 0 fully saturated rings. The molecule has 0 bridgehead atoms.